The molecule has 0 aromatic carbocycles. The number of unbranched alkanes of at least 4 members (excludes halogenated alkanes) is 10. The number of hydrogen-bond acceptors (Lipinski definition) is 7. The number of amides is 1. The van der Waals surface area contributed by atoms with Gasteiger partial charge in [0.1, 0.15) is 0 Å². The number of hydrogen-bond donors (Lipinski definition) is 2. The van der Waals surface area contributed by atoms with Crippen LogP contribution in [0.3, 0.4) is 0 Å². The molecule has 0 saturated carbocycles. The average Bonchev–Trinajstić information content (AvgIpc) is 2.63. The topological polar surface area (TPSA) is 158 Å². The molecule has 0 radical (unpaired) electrons. The van der Waals surface area contributed by atoms with Gasteiger partial charge in [0, 0.05) is 26.6 Å². The first-order chi connectivity index (χ1) is 13.9. The van der Waals surface area contributed by atoms with E-state index in [-0.39, 0.29) is 54.3 Å². The third kappa shape index (κ3) is 32.5. The Bertz CT molecular complexity index is 629. The molecule has 0 aliphatic rings. The second-order valence-corrected chi connectivity index (χ2v) is 10.5. The minimum absolute atomic E-state index is 0. The van der Waals surface area contributed by atoms with Crippen molar-refractivity contribution in [1.29, 1.82) is 0 Å². The molecular formula is C19H41N2NaO7S2. The maximum Gasteiger partial charge on any atom is 1.00 e. The second kappa shape index (κ2) is 22.1. The summed E-state index contributed by atoms with van der Waals surface area (Å²) < 4.78 is 58.9. The number of nitrogens with zero attached hydrogens (tertiary/aromatic N) is 1. The van der Waals surface area contributed by atoms with Gasteiger partial charge in [-0.15, -0.1) is 0 Å². The monoisotopic (exact) mass is 496 g/mol. The Kier molecular flexibility index (Phi) is 25.5. The Labute approximate surface area is 211 Å². The van der Waals surface area contributed by atoms with Crippen LogP contribution in [-0.2, 0) is 25.0 Å². The zero-order valence-corrected chi connectivity index (χ0v) is 23.2. The molecule has 0 heterocycles. The largest absolute Gasteiger partial charge is 1.00 e. The van der Waals surface area contributed by atoms with Gasteiger partial charge in [-0.05, 0) is 6.42 Å². The molecule has 0 aromatic rings. The van der Waals surface area contributed by atoms with Crippen LogP contribution >= 0.6 is 0 Å². The Balaban J connectivity index is -0.000000840. The summed E-state index contributed by atoms with van der Waals surface area (Å²) in [6, 6.07) is 0. The van der Waals surface area contributed by atoms with Gasteiger partial charge >= 0.3 is 29.6 Å². The summed E-state index contributed by atoms with van der Waals surface area (Å²) in [7, 11) is -6.49. The molecule has 3 N–H and O–H groups in total. The van der Waals surface area contributed by atoms with E-state index in [9.17, 15) is 26.2 Å². The molecule has 0 bridgehead atoms. The predicted octanol–water partition coefficient (Wildman–Crippen LogP) is -0.472. The molecule has 182 valence electrons. The van der Waals surface area contributed by atoms with Crippen LogP contribution in [0.4, 0.5) is 0 Å². The average molecular weight is 497 g/mol. The van der Waals surface area contributed by atoms with Crippen LogP contribution < -0.4 is 35.3 Å². The normalized spacial score (nSPS) is 11.3. The summed E-state index contributed by atoms with van der Waals surface area (Å²) in [5.41, 5.74) is 4.78. The summed E-state index contributed by atoms with van der Waals surface area (Å²) in [5.74, 6) is -0.940. The van der Waals surface area contributed by atoms with E-state index in [1.54, 1.807) is 7.05 Å². The summed E-state index contributed by atoms with van der Waals surface area (Å²) in [6.45, 7) is 2.19. The maximum atomic E-state index is 11.7. The van der Waals surface area contributed by atoms with Crippen LogP contribution in [0.1, 0.15) is 84.0 Å². The molecule has 0 atom stereocenters. The first kappa shape index (κ1) is 35.8. The van der Waals surface area contributed by atoms with E-state index in [0.717, 1.165) is 19.3 Å². The number of nitrogens with two attached hydrogens (primary N) is 1. The van der Waals surface area contributed by atoms with Crippen LogP contribution in [-0.4, -0.2) is 68.4 Å². The zero-order chi connectivity index (χ0) is 23.5. The van der Waals surface area contributed by atoms with E-state index in [1.165, 1.54) is 56.3 Å². The maximum absolute atomic E-state index is 11.7. The molecule has 9 nitrogen and oxygen atoms in total. The van der Waals surface area contributed by atoms with Crippen LogP contribution in [0.15, 0.2) is 0 Å². The number of carbonyl (C=O) groups excluding carboxylic acids is 1. The molecule has 0 aromatic heterocycles. The van der Waals surface area contributed by atoms with Gasteiger partial charge in [0.2, 0.25) is 5.91 Å². The fourth-order valence-corrected chi connectivity index (χ4v) is 3.45. The SMILES string of the molecule is CCCCCCCCCCCCCC(=O)N(C)CCS(=O)(=O)[O-].NCCS(=O)(=O)O.[Na+]. The Morgan fingerprint density at radius 3 is 1.61 bits per heavy atom. The summed E-state index contributed by atoms with van der Waals surface area (Å²) in [4.78, 5) is 13.1. The van der Waals surface area contributed by atoms with Crippen molar-refractivity contribution in [3.8, 4) is 0 Å². The summed E-state index contributed by atoms with van der Waals surface area (Å²) in [6.07, 6.45) is 14.0. The Morgan fingerprint density at radius 2 is 1.29 bits per heavy atom. The van der Waals surface area contributed by atoms with Crippen molar-refractivity contribution in [2.75, 3.05) is 31.6 Å². The second-order valence-electron chi connectivity index (χ2n) is 7.44. The zero-order valence-electron chi connectivity index (χ0n) is 19.6. The number of carbonyl (C=O) groups is 1. The minimum Gasteiger partial charge on any atom is -0.748 e. The molecule has 0 unspecified atom stereocenters. The molecule has 0 aliphatic carbocycles. The first-order valence-corrected chi connectivity index (χ1v) is 13.9. The van der Waals surface area contributed by atoms with Crippen molar-refractivity contribution in [2.24, 2.45) is 5.73 Å². The van der Waals surface area contributed by atoms with Gasteiger partial charge in [0.25, 0.3) is 10.1 Å². The van der Waals surface area contributed by atoms with E-state index < -0.39 is 26.0 Å². The fourth-order valence-electron chi connectivity index (χ4n) is 2.65. The Morgan fingerprint density at radius 1 is 0.871 bits per heavy atom. The van der Waals surface area contributed by atoms with Gasteiger partial charge in [-0.25, -0.2) is 8.42 Å². The van der Waals surface area contributed by atoms with E-state index in [4.69, 9.17) is 10.3 Å². The van der Waals surface area contributed by atoms with Crippen molar-refractivity contribution in [2.45, 2.75) is 84.0 Å². The first-order valence-electron chi connectivity index (χ1n) is 10.8. The van der Waals surface area contributed by atoms with Crippen LogP contribution in [0, 0.1) is 0 Å². The summed E-state index contributed by atoms with van der Waals surface area (Å²) >= 11 is 0. The molecule has 0 aliphatic heterocycles. The van der Waals surface area contributed by atoms with E-state index >= 15 is 0 Å². The smallest absolute Gasteiger partial charge is 0.748 e. The third-order valence-electron chi connectivity index (χ3n) is 4.47. The minimum atomic E-state index is -4.24. The van der Waals surface area contributed by atoms with Gasteiger partial charge in [0.15, 0.2) is 0 Å². The van der Waals surface area contributed by atoms with Gasteiger partial charge in [-0.1, -0.05) is 71.1 Å². The molecule has 0 rings (SSSR count). The van der Waals surface area contributed by atoms with Crippen molar-refractivity contribution in [3.63, 3.8) is 0 Å². The fraction of sp³-hybridized carbons (Fsp3) is 0.947. The van der Waals surface area contributed by atoms with Gasteiger partial charge in [-0.3, -0.25) is 9.35 Å². The number of rotatable bonds is 17. The van der Waals surface area contributed by atoms with Crippen molar-refractivity contribution >= 4 is 26.1 Å². The molecule has 12 heteroatoms. The Hall–Kier alpha value is 0.250. The van der Waals surface area contributed by atoms with Gasteiger partial charge in [-0.2, -0.15) is 8.42 Å². The molecular weight excluding hydrogens is 455 g/mol. The summed E-state index contributed by atoms with van der Waals surface area (Å²) in [5, 5.41) is 0. The van der Waals surface area contributed by atoms with E-state index in [0.29, 0.717) is 6.42 Å². The van der Waals surface area contributed by atoms with Crippen LogP contribution in [0.2, 0.25) is 0 Å². The van der Waals surface area contributed by atoms with Crippen LogP contribution in [0.25, 0.3) is 0 Å². The third-order valence-corrected chi connectivity index (χ3v) is 5.91. The van der Waals surface area contributed by atoms with Gasteiger partial charge < -0.3 is 15.2 Å². The van der Waals surface area contributed by atoms with Crippen molar-refractivity contribution in [1.82, 2.24) is 4.90 Å². The van der Waals surface area contributed by atoms with E-state index in [2.05, 4.69) is 6.92 Å². The molecule has 1 amide bonds. The molecule has 0 saturated heterocycles. The quantitative estimate of drug-likeness (QED) is 0.155. The predicted molar refractivity (Wildman–Crippen MR) is 119 cm³/mol. The molecule has 0 fully saturated rings. The van der Waals surface area contributed by atoms with Crippen LogP contribution in [0.5, 0.6) is 0 Å². The van der Waals surface area contributed by atoms with E-state index in [1.807, 2.05) is 0 Å². The molecule has 0 spiro atoms. The van der Waals surface area contributed by atoms with Crippen molar-refractivity contribution < 1.29 is 60.3 Å². The van der Waals surface area contributed by atoms with Crippen molar-refractivity contribution in [3.05, 3.63) is 0 Å². The molecule has 31 heavy (non-hydrogen) atoms. The van der Waals surface area contributed by atoms with Gasteiger partial charge in [0.05, 0.1) is 21.6 Å². The standard InChI is InChI=1S/C17H35NO4S.C2H7NO3S.Na/c1-3-4-5-6-7-8-9-10-11-12-13-14-17(19)18(2)15-16-23(20,21)22;3-1-2-7(4,5)6;/h3-16H2,1-2H3,(H,20,21,22);1-3H2,(H,4,5,6);/q;;+1/p-1.